The lowest BCUT2D eigenvalue weighted by atomic mass is 10.1. The van der Waals surface area contributed by atoms with Gasteiger partial charge in [0.1, 0.15) is 0 Å². The zero-order valence-corrected chi connectivity index (χ0v) is 15.5. The lowest BCUT2D eigenvalue weighted by Crippen LogP contribution is -2.12. The van der Waals surface area contributed by atoms with Gasteiger partial charge in [-0.2, -0.15) is 0 Å². The molecule has 0 aliphatic carbocycles. The molecule has 5 rings (SSSR count). The van der Waals surface area contributed by atoms with Crippen LogP contribution in [-0.4, -0.2) is 15.9 Å². The SMILES string of the molecule is O=C(Nc1cccc2ccc(-c3ccc4ccccc4n3)nc12)c1ccccc1. The molecule has 4 heteroatoms. The highest BCUT2D eigenvalue weighted by Gasteiger charge is 2.11. The summed E-state index contributed by atoms with van der Waals surface area (Å²) in [6, 6.07) is 30.9. The van der Waals surface area contributed by atoms with Crippen LogP contribution in [0.4, 0.5) is 5.69 Å². The molecule has 138 valence electrons. The van der Waals surface area contributed by atoms with Crippen LogP contribution in [0.2, 0.25) is 0 Å². The van der Waals surface area contributed by atoms with Crippen LogP contribution in [0.5, 0.6) is 0 Å². The Morgan fingerprint density at radius 3 is 2.17 bits per heavy atom. The standard InChI is InChI=1S/C25H17N3O/c29-25(19-8-2-1-3-9-19)28-23-12-6-10-18-14-16-22(27-24(18)23)21-15-13-17-7-4-5-11-20(17)26-21/h1-16H,(H,28,29). The fraction of sp³-hybridized carbons (Fsp3) is 0. The van der Waals surface area contributed by atoms with Gasteiger partial charge in [-0.3, -0.25) is 4.79 Å². The molecule has 3 aromatic carbocycles. The number of carbonyl (C=O) groups excluding carboxylic acids is 1. The van der Waals surface area contributed by atoms with Crippen LogP contribution in [-0.2, 0) is 0 Å². The largest absolute Gasteiger partial charge is 0.320 e. The zero-order valence-electron chi connectivity index (χ0n) is 15.5. The summed E-state index contributed by atoms with van der Waals surface area (Å²) in [5.41, 5.74) is 4.53. The minimum absolute atomic E-state index is 0.158. The van der Waals surface area contributed by atoms with Crippen molar-refractivity contribution >= 4 is 33.4 Å². The van der Waals surface area contributed by atoms with E-state index in [4.69, 9.17) is 9.97 Å². The van der Waals surface area contributed by atoms with Crippen molar-refractivity contribution in [3.8, 4) is 11.4 Å². The van der Waals surface area contributed by atoms with E-state index in [1.807, 2.05) is 84.9 Å². The molecule has 1 N–H and O–H groups in total. The third kappa shape index (κ3) is 3.32. The van der Waals surface area contributed by atoms with Gasteiger partial charge in [0.25, 0.3) is 5.91 Å². The summed E-state index contributed by atoms with van der Waals surface area (Å²) in [6.07, 6.45) is 0. The van der Waals surface area contributed by atoms with Crippen LogP contribution < -0.4 is 5.32 Å². The van der Waals surface area contributed by atoms with Crippen LogP contribution in [0, 0.1) is 0 Å². The van der Waals surface area contributed by atoms with E-state index in [1.165, 1.54) is 0 Å². The number of hydrogen-bond donors (Lipinski definition) is 1. The highest BCUT2D eigenvalue weighted by atomic mass is 16.1. The first-order chi connectivity index (χ1) is 14.3. The quantitative estimate of drug-likeness (QED) is 0.440. The highest BCUT2D eigenvalue weighted by Crippen LogP contribution is 2.26. The van der Waals surface area contributed by atoms with Crippen molar-refractivity contribution in [3.05, 3.63) is 103 Å². The first kappa shape index (κ1) is 17.1. The van der Waals surface area contributed by atoms with E-state index in [-0.39, 0.29) is 5.91 Å². The van der Waals surface area contributed by atoms with Gasteiger partial charge in [0.15, 0.2) is 0 Å². The summed E-state index contributed by atoms with van der Waals surface area (Å²) >= 11 is 0. The highest BCUT2D eigenvalue weighted by molar-refractivity contribution is 6.08. The number of rotatable bonds is 3. The molecule has 0 bridgehead atoms. The van der Waals surface area contributed by atoms with Gasteiger partial charge < -0.3 is 5.32 Å². The van der Waals surface area contributed by atoms with Gasteiger partial charge in [-0.15, -0.1) is 0 Å². The Hall–Kier alpha value is -4.05. The van der Waals surface area contributed by atoms with E-state index in [0.717, 1.165) is 33.2 Å². The van der Waals surface area contributed by atoms with Gasteiger partial charge in [-0.25, -0.2) is 9.97 Å². The van der Waals surface area contributed by atoms with Crippen molar-refractivity contribution in [1.29, 1.82) is 0 Å². The Kier molecular flexibility index (Phi) is 4.22. The maximum atomic E-state index is 12.6. The molecule has 0 aliphatic heterocycles. The second-order valence-electron chi connectivity index (χ2n) is 6.78. The molecular formula is C25H17N3O. The Balaban J connectivity index is 1.57. The molecule has 0 spiro atoms. The number of hydrogen-bond acceptors (Lipinski definition) is 3. The average molecular weight is 375 g/mol. The van der Waals surface area contributed by atoms with Crippen LogP contribution in [0.1, 0.15) is 10.4 Å². The number of pyridine rings is 2. The second kappa shape index (κ2) is 7.17. The molecule has 2 heterocycles. The van der Waals surface area contributed by atoms with Gasteiger partial charge in [0.05, 0.1) is 28.1 Å². The van der Waals surface area contributed by atoms with E-state index in [0.29, 0.717) is 11.3 Å². The first-order valence-electron chi connectivity index (χ1n) is 9.40. The third-order valence-corrected chi connectivity index (χ3v) is 4.87. The minimum atomic E-state index is -0.158. The normalized spacial score (nSPS) is 10.9. The Morgan fingerprint density at radius 1 is 0.621 bits per heavy atom. The Morgan fingerprint density at radius 2 is 1.31 bits per heavy atom. The predicted octanol–water partition coefficient (Wildman–Crippen LogP) is 5.70. The minimum Gasteiger partial charge on any atom is -0.320 e. The number of anilines is 1. The summed E-state index contributed by atoms with van der Waals surface area (Å²) in [4.78, 5) is 22.2. The summed E-state index contributed by atoms with van der Waals surface area (Å²) in [6.45, 7) is 0. The van der Waals surface area contributed by atoms with E-state index in [2.05, 4.69) is 5.32 Å². The maximum Gasteiger partial charge on any atom is 0.255 e. The lowest BCUT2D eigenvalue weighted by molar-refractivity contribution is 0.102. The monoisotopic (exact) mass is 375 g/mol. The fourth-order valence-corrected chi connectivity index (χ4v) is 3.38. The fourth-order valence-electron chi connectivity index (χ4n) is 3.38. The molecule has 1 amide bonds. The van der Waals surface area contributed by atoms with Crippen molar-refractivity contribution < 1.29 is 4.79 Å². The number of nitrogens with one attached hydrogen (secondary N) is 1. The lowest BCUT2D eigenvalue weighted by Gasteiger charge is -2.10. The van der Waals surface area contributed by atoms with Gasteiger partial charge in [-0.1, -0.05) is 60.7 Å². The van der Waals surface area contributed by atoms with Gasteiger partial charge in [-0.05, 0) is 36.4 Å². The van der Waals surface area contributed by atoms with Crippen molar-refractivity contribution in [3.63, 3.8) is 0 Å². The molecule has 0 aliphatic rings. The van der Waals surface area contributed by atoms with E-state index in [9.17, 15) is 4.79 Å². The van der Waals surface area contributed by atoms with Gasteiger partial charge >= 0.3 is 0 Å². The number of aromatic nitrogens is 2. The van der Waals surface area contributed by atoms with E-state index < -0.39 is 0 Å². The van der Waals surface area contributed by atoms with Crippen molar-refractivity contribution in [2.45, 2.75) is 0 Å². The molecule has 0 radical (unpaired) electrons. The molecule has 0 unspecified atom stereocenters. The molecule has 0 fully saturated rings. The molecule has 4 nitrogen and oxygen atoms in total. The Labute approximate surface area is 167 Å². The number of amides is 1. The van der Waals surface area contributed by atoms with Crippen molar-refractivity contribution in [1.82, 2.24) is 9.97 Å². The number of para-hydroxylation sites is 2. The second-order valence-corrected chi connectivity index (χ2v) is 6.78. The first-order valence-corrected chi connectivity index (χ1v) is 9.40. The molecule has 0 saturated heterocycles. The summed E-state index contributed by atoms with van der Waals surface area (Å²) in [5.74, 6) is -0.158. The van der Waals surface area contributed by atoms with E-state index in [1.54, 1.807) is 12.1 Å². The summed E-state index contributed by atoms with van der Waals surface area (Å²) in [5, 5.41) is 5.04. The molecule has 29 heavy (non-hydrogen) atoms. The number of carbonyl (C=O) groups is 1. The smallest absolute Gasteiger partial charge is 0.255 e. The Bertz CT molecular complexity index is 1350. The molecule has 2 aromatic heterocycles. The van der Waals surface area contributed by atoms with Crippen LogP contribution in [0.25, 0.3) is 33.2 Å². The zero-order chi connectivity index (χ0) is 19.6. The van der Waals surface area contributed by atoms with Gasteiger partial charge in [0.2, 0.25) is 0 Å². The molecular weight excluding hydrogens is 358 g/mol. The summed E-state index contributed by atoms with van der Waals surface area (Å²) < 4.78 is 0. The molecule has 0 saturated carbocycles. The number of benzene rings is 3. The van der Waals surface area contributed by atoms with E-state index >= 15 is 0 Å². The van der Waals surface area contributed by atoms with Crippen LogP contribution in [0.15, 0.2) is 97.1 Å². The van der Waals surface area contributed by atoms with Crippen molar-refractivity contribution in [2.24, 2.45) is 0 Å². The molecule has 0 atom stereocenters. The predicted molar refractivity (Wildman–Crippen MR) is 117 cm³/mol. The van der Waals surface area contributed by atoms with Crippen molar-refractivity contribution in [2.75, 3.05) is 5.32 Å². The number of nitrogens with zero attached hydrogens (tertiary/aromatic N) is 2. The third-order valence-electron chi connectivity index (χ3n) is 4.87. The van der Waals surface area contributed by atoms with Gasteiger partial charge in [0, 0.05) is 16.3 Å². The van der Waals surface area contributed by atoms with Crippen LogP contribution in [0.3, 0.4) is 0 Å². The number of fused-ring (bicyclic) bond motifs is 2. The maximum absolute atomic E-state index is 12.6. The average Bonchev–Trinajstić information content (AvgIpc) is 2.79. The molecule has 5 aromatic rings. The topological polar surface area (TPSA) is 54.9 Å². The van der Waals surface area contributed by atoms with Crippen LogP contribution >= 0.6 is 0 Å². The summed E-state index contributed by atoms with van der Waals surface area (Å²) in [7, 11) is 0.